The lowest BCUT2D eigenvalue weighted by molar-refractivity contribution is 0.304. The summed E-state index contributed by atoms with van der Waals surface area (Å²) in [7, 11) is 4.06. The summed E-state index contributed by atoms with van der Waals surface area (Å²) in [5.41, 5.74) is -0.258. The molecule has 5 nitrogen and oxygen atoms in total. The number of nitrogens with one attached hydrogen (secondary N) is 2. The van der Waals surface area contributed by atoms with Crippen LogP contribution in [0.5, 0.6) is 0 Å². The Morgan fingerprint density at radius 1 is 1.17 bits per heavy atom. The van der Waals surface area contributed by atoms with Gasteiger partial charge in [0.15, 0.2) is 0 Å². The minimum absolute atomic E-state index is 0.139. The van der Waals surface area contributed by atoms with Gasteiger partial charge in [0.1, 0.15) is 23.1 Å². The third-order valence-corrected chi connectivity index (χ3v) is 3.60. The summed E-state index contributed by atoms with van der Waals surface area (Å²) in [5.74, 6) is -0.636. The lowest BCUT2D eigenvalue weighted by Crippen LogP contribution is -2.26. The Labute approximate surface area is 134 Å². The van der Waals surface area contributed by atoms with Crippen LogP contribution >= 0.6 is 0 Å². The maximum absolute atomic E-state index is 13.6. The predicted molar refractivity (Wildman–Crippen MR) is 87.9 cm³/mol. The first-order chi connectivity index (χ1) is 11.0. The first-order valence-corrected chi connectivity index (χ1v) is 7.41. The van der Waals surface area contributed by atoms with E-state index in [-0.39, 0.29) is 11.6 Å². The number of para-hydroxylation sites is 1. The van der Waals surface area contributed by atoms with Crippen molar-refractivity contribution in [2.75, 3.05) is 31.3 Å². The highest BCUT2D eigenvalue weighted by atomic mass is 19.1. The van der Waals surface area contributed by atoms with Gasteiger partial charge in [0.05, 0.1) is 0 Å². The van der Waals surface area contributed by atoms with E-state index in [0.717, 1.165) is 13.0 Å². The Hall–Kier alpha value is -2.28. The summed E-state index contributed by atoms with van der Waals surface area (Å²) < 4.78 is 27.3. The number of anilines is 3. The van der Waals surface area contributed by atoms with Gasteiger partial charge in [0, 0.05) is 18.8 Å². The van der Waals surface area contributed by atoms with Gasteiger partial charge in [-0.05, 0) is 45.6 Å². The van der Waals surface area contributed by atoms with Crippen LogP contribution in [0.1, 0.15) is 13.3 Å². The SMILES string of the molecule is CC(CCNc1ccnc(Nc2c(F)cccc2F)n1)N(C)C. The van der Waals surface area contributed by atoms with Gasteiger partial charge in [0.25, 0.3) is 0 Å². The molecule has 2 rings (SSSR count). The molecule has 124 valence electrons. The number of hydrogen-bond acceptors (Lipinski definition) is 5. The molecule has 0 aliphatic rings. The van der Waals surface area contributed by atoms with Gasteiger partial charge in [-0.3, -0.25) is 0 Å². The zero-order chi connectivity index (χ0) is 16.8. The number of halogens is 2. The molecule has 0 aliphatic carbocycles. The maximum Gasteiger partial charge on any atom is 0.229 e. The van der Waals surface area contributed by atoms with Crippen LogP contribution in [0, 0.1) is 11.6 Å². The Morgan fingerprint density at radius 3 is 2.52 bits per heavy atom. The third kappa shape index (κ3) is 4.85. The van der Waals surface area contributed by atoms with Crippen LogP contribution in [0.25, 0.3) is 0 Å². The third-order valence-electron chi connectivity index (χ3n) is 3.60. The second-order valence-corrected chi connectivity index (χ2v) is 5.52. The number of benzene rings is 1. The fraction of sp³-hybridized carbons (Fsp3) is 0.375. The van der Waals surface area contributed by atoms with Gasteiger partial charge in [-0.2, -0.15) is 4.98 Å². The molecule has 1 heterocycles. The molecule has 2 aromatic rings. The van der Waals surface area contributed by atoms with Crippen molar-refractivity contribution in [3.05, 3.63) is 42.1 Å². The van der Waals surface area contributed by atoms with Gasteiger partial charge < -0.3 is 15.5 Å². The van der Waals surface area contributed by atoms with Crippen LogP contribution in [0.2, 0.25) is 0 Å². The van der Waals surface area contributed by atoms with E-state index in [1.807, 2.05) is 14.1 Å². The highest BCUT2D eigenvalue weighted by Crippen LogP contribution is 2.21. The van der Waals surface area contributed by atoms with Crippen molar-refractivity contribution in [2.45, 2.75) is 19.4 Å². The van der Waals surface area contributed by atoms with E-state index < -0.39 is 11.6 Å². The van der Waals surface area contributed by atoms with Gasteiger partial charge >= 0.3 is 0 Å². The standard InChI is InChI=1S/C16H21F2N5/c1-11(23(2)3)7-9-19-14-8-10-20-16(21-14)22-15-12(17)5-4-6-13(15)18/h4-6,8,10-11H,7,9H2,1-3H3,(H2,19,20,21,22). The van der Waals surface area contributed by atoms with Crippen molar-refractivity contribution in [1.29, 1.82) is 0 Å². The van der Waals surface area contributed by atoms with E-state index in [2.05, 4.69) is 32.4 Å². The predicted octanol–water partition coefficient (Wildman–Crippen LogP) is 3.25. The first kappa shape index (κ1) is 17.1. The van der Waals surface area contributed by atoms with E-state index in [4.69, 9.17) is 0 Å². The Bertz CT molecular complexity index is 628. The molecule has 1 aromatic carbocycles. The van der Waals surface area contributed by atoms with Crippen LogP contribution < -0.4 is 10.6 Å². The number of aromatic nitrogens is 2. The smallest absolute Gasteiger partial charge is 0.229 e. The second-order valence-electron chi connectivity index (χ2n) is 5.52. The monoisotopic (exact) mass is 321 g/mol. The van der Waals surface area contributed by atoms with Crippen LogP contribution in [-0.4, -0.2) is 41.5 Å². The molecule has 7 heteroatoms. The maximum atomic E-state index is 13.6. The summed E-state index contributed by atoms with van der Waals surface area (Å²) in [4.78, 5) is 10.3. The highest BCUT2D eigenvalue weighted by Gasteiger charge is 2.10. The molecule has 0 saturated carbocycles. The molecule has 0 spiro atoms. The molecular weight excluding hydrogens is 300 g/mol. The Morgan fingerprint density at radius 2 is 1.87 bits per heavy atom. The summed E-state index contributed by atoms with van der Waals surface area (Å²) in [6.45, 7) is 2.87. The molecule has 0 fully saturated rings. The van der Waals surface area contributed by atoms with Crippen molar-refractivity contribution >= 4 is 17.5 Å². The number of nitrogens with zero attached hydrogens (tertiary/aromatic N) is 3. The fourth-order valence-corrected chi connectivity index (χ4v) is 1.91. The first-order valence-electron chi connectivity index (χ1n) is 7.41. The molecule has 23 heavy (non-hydrogen) atoms. The van der Waals surface area contributed by atoms with Crippen LogP contribution in [0.15, 0.2) is 30.5 Å². The number of rotatable bonds is 7. The van der Waals surface area contributed by atoms with Crippen molar-refractivity contribution in [2.24, 2.45) is 0 Å². The Kier molecular flexibility index (Phi) is 5.81. The lowest BCUT2D eigenvalue weighted by atomic mass is 10.2. The molecular formula is C16H21F2N5. The molecule has 2 N–H and O–H groups in total. The summed E-state index contributed by atoms with van der Waals surface area (Å²) in [5, 5.41) is 5.76. The van der Waals surface area contributed by atoms with E-state index in [9.17, 15) is 8.78 Å². The molecule has 1 atom stereocenters. The molecule has 1 unspecified atom stereocenters. The quantitative estimate of drug-likeness (QED) is 0.820. The van der Waals surface area contributed by atoms with Crippen molar-refractivity contribution in [3.8, 4) is 0 Å². The molecule has 0 amide bonds. The minimum Gasteiger partial charge on any atom is -0.370 e. The van der Waals surface area contributed by atoms with Crippen molar-refractivity contribution in [3.63, 3.8) is 0 Å². The van der Waals surface area contributed by atoms with E-state index >= 15 is 0 Å². The van der Waals surface area contributed by atoms with E-state index in [1.165, 1.54) is 24.4 Å². The molecule has 0 bridgehead atoms. The summed E-state index contributed by atoms with van der Waals surface area (Å²) in [6.07, 6.45) is 2.48. The van der Waals surface area contributed by atoms with Crippen LogP contribution in [-0.2, 0) is 0 Å². The van der Waals surface area contributed by atoms with Gasteiger partial charge in [-0.15, -0.1) is 0 Å². The zero-order valence-electron chi connectivity index (χ0n) is 13.5. The average molecular weight is 321 g/mol. The topological polar surface area (TPSA) is 53.1 Å². The zero-order valence-corrected chi connectivity index (χ0v) is 13.5. The number of hydrogen-bond donors (Lipinski definition) is 2. The van der Waals surface area contributed by atoms with Crippen LogP contribution in [0.4, 0.5) is 26.2 Å². The lowest BCUT2D eigenvalue weighted by Gasteiger charge is -2.19. The van der Waals surface area contributed by atoms with E-state index in [0.29, 0.717) is 11.9 Å². The molecule has 0 radical (unpaired) electrons. The minimum atomic E-state index is -0.688. The van der Waals surface area contributed by atoms with Gasteiger partial charge in [-0.25, -0.2) is 13.8 Å². The van der Waals surface area contributed by atoms with Crippen molar-refractivity contribution < 1.29 is 8.78 Å². The van der Waals surface area contributed by atoms with Crippen LogP contribution in [0.3, 0.4) is 0 Å². The second kappa shape index (κ2) is 7.82. The molecule has 1 aromatic heterocycles. The largest absolute Gasteiger partial charge is 0.370 e. The van der Waals surface area contributed by atoms with Gasteiger partial charge in [0.2, 0.25) is 5.95 Å². The Balaban J connectivity index is 2.00. The average Bonchev–Trinajstić information content (AvgIpc) is 2.51. The van der Waals surface area contributed by atoms with E-state index in [1.54, 1.807) is 6.07 Å². The van der Waals surface area contributed by atoms with Crippen molar-refractivity contribution in [1.82, 2.24) is 14.9 Å². The normalized spacial score (nSPS) is 12.3. The summed E-state index contributed by atoms with van der Waals surface area (Å²) >= 11 is 0. The highest BCUT2D eigenvalue weighted by molar-refractivity contribution is 5.56. The fourth-order valence-electron chi connectivity index (χ4n) is 1.91. The molecule has 0 saturated heterocycles. The summed E-state index contributed by atoms with van der Waals surface area (Å²) in [6, 6.07) is 5.81. The van der Waals surface area contributed by atoms with Gasteiger partial charge in [-0.1, -0.05) is 6.07 Å². The molecule has 0 aliphatic heterocycles.